The lowest BCUT2D eigenvalue weighted by molar-refractivity contribution is -0.0792. The average Bonchev–Trinajstić information content (AvgIpc) is 2.27. The van der Waals surface area contributed by atoms with Gasteiger partial charge in [-0.15, -0.1) is 0 Å². The standard InChI is InChI=1S/C14H30N2O/c1-5-8-15-9-6-7-12(2)16-10-13(3)17-14(4)11-16/h12-15H,5-11H2,1-4H3/t12?,13-,14+. The Hall–Kier alpha value is -0.120. The Labute approximate surface area is 107 Å². The van der Waals surface area contributed by atoms with Gasteiger partial charge in [0.15, 0.2) is 0 Å². The van der Waals surface area contributed by atoms with E-state index in [9.17, 15) is 0 Å². The molecule has 1 aliphatic heterocycles. The van der Waals surface area contributed by atoms with Crippen molar-refractivity contribution in [3.63, 3.8) is 0 Å². The average molecular weight is 242 g/mol. The van der Waals surface area contributed by atoms with Gasteiger partial charge in [0.2, 0.25) is 0 Å². The molecule has 3 heteroatoms. The highest BCUT2D eigenvalue weighted by atomic mass is 16.5. The summed E-state index contributed by atoms with van der Waals surface area (Å²) in [6, 6.07) is 0.687. The smallest absolute Gasteiger partial charge is 0.0678 e. The molecule has 1 fully saturated rings. The number of hydrogen-bond donors (Lipinski definition) is 1. The molecule has 0 amide bonds. The third-order valence-corrected chi connectivity index (χ3v) is 3.47. The van der Waals surface area contributed by atoms with E-state index < -0.39 is 0 Å². The van der Waals surface area contributed by atoms with Crippen LogP contribution in [0.4, 0.5) is 0 Å². The van der Waals surface area contributed by atoms with Crippen LogP contribution in [0.25, 0.3) is 0 Å². The van der Waals surface area contributed by atoms with Gasteiger partial charge in [-0.3, -0.25) is 4.90 Å². The molecule has 1 saturated heterocycles. The predicted octanol–water partition coefficient (Wildman–Crippen LogP) is 2.26. The van der Waals surface area contributed by atoms with Gasteiger partial charge in [-0.05, 0) is 53.1 Å². The number of morpholine rings is 1. The molecule has 0 aromatic carbocycles. The van der Waals surface area contributed by atoms with E-state index in [4.69, 9.17) is 4.74 Å². The molecule has 1 rings (SSSR count). The lowest BCUT2D eigenvalue weighted by Gasteiger charge is -2.39. The number of hydrogen-bond acceptors (Lipinski definition) is 3. The third kappa shape index (κ3) is 5.84. The zero-order valence-electron chi connectivity index (χ0n) is 12.0. The van der Waals surface area contributed by atoms with Crippen LogP contribution in [-0.2, 0) is 4.74 Å². The van der Waals surface area contributed by atoms with Crippen LogP contribution >= 0.6 is 0 Å². The second-order valence-corrected chi connectivity index (χ2v) is 5.45. The van der Waals surface area contributed by atoms with E-state index in [0.29, 0.717) is 18.2 Å². The van der Waals surface area contributed by atoms with E-state index in [1.165, 1.54) is 19.3 Å². The second kappa shape index (κ2) is 8.06. The molecule has 102 valence electrons. The maximum atomic E-state index is 5.77. The van der Waals surface area contributed by atoms with E-state index in [1.807, 2.05) is 0 Å². The zero-order chi connectivity index (χ0) is 12.7. The van der Waals surface area contributed by atoms with E-state index >= 15 is 0 Å². The van der Waals surface area contributed by atoms with Crippen LogP contribution in [0.15, 0.2) is 0 Å². The van der Waals surface area contributed by atoms with Crippen molar-refractivity contribution in [2.24, 2.45) is 0 Å². The maximum absolute atomic E-state index is 5.77. The van der Waals surface area contributed by atoms with Crippen molar-refractivity contribution in [2.45, 2.75) is 65.2 Å². The number of rotatable bonds is 7. The fourth-order valence-corrected chi connectivity index (χ4v) is 2.58. The molecule has 0 bridgehead atoms. The van der Waals surface area contributed by atoms with Crippen molar-refractivity contribution in [2.75, 3.05) is 26.2 Å². The fourth-order valence-electron chi connectivity index (χ4n) is 2.58. The summed E-state index contributed by atoms with van der Waals surface area (Å²) in [7, 11) is 0. The summed E-state index contributed by atoms with van der Waals surface area (Å²) >= 11 is 0. The van der Waals surface area contributed by atoms with Gasteiger partial charge in [0.25, 0.3) is 0 Å². The summed E-state index contributed by atoms with van der Waals surface area (Å²) in [5, 5.41) is 3.47. The van der Waals surface area contributed by atoms with Crippen LogP contribution in [0.3, 0.4) is 0 Å². The van der Waals surface area contributed by atoms with E-state index in [0.717, 1.165) is 26.2 Å². The van der Waals surface area contributed by atoms with Crippen molar-refractivity contribution in [1.29, 1.82) is 0 Å². The van der Waals surface area contributed by atoms with Crippen molar-refractivity contribution >= 4 is 0 Å². The van der Waals surface area contributed by atoms with Crippen LogP contribution in [-0.4, -0.2) is 49.3 Å². The highest BCUT2D eigenvalue weighted by Gasteiger charge is 2.25. The van der Waals surface area contributed by atoms with Crippen molar-refractivity contribution < 1.29 is 4.74 Å². The zero-order valence-corrected chi connectivity index (χ0v) is 12.0. The second-order valence-electron chi connectivity index (χ2n) is 5.45. The summed E-state index contributed by atoms with van der Waals surface area (Å²) < 4.78 is 5.77. The highest BCUT2D eigenvalue weighted by molar-refractivity contribution is 4.77. The Morgan fingerprint density at radius 3 is 2.47 bits per heavy atom. The number of nitrogens with zero attached hydrogens (tertiary/aromatic N) is 1. The molecule has 0 aromatic heterocycles. The van der Waals surface area contributed by atoms with Crippen LogP contribution in [0.2, 0.25) is 0 Å². The van der Waals surface area contributed by atoms with Crippen LogP contribution in [0.1, 0.15) is 47.0 Å². The molecule has 0 aromatic rings. The first-order valence-electron chi connectivity index (χ1n) is 7.23. The molecule has 1 unspecified atom stereocenters. The molecular weight excluding hydrogens is 212 g/mol. The Kier molecular flexibility index (Phi) is 7.09. The number of nitrogens with one attached hydrogen (secondary N) is 1. The molecule has 1 N–H and O–H groups in total. The molecule has 0 saturated carbocycles. The van der Waals surface area contributed by atoms with Crippen molar-refractivity contribution in [3.05, 3.63) is 0 Å². The van der Waals surface area contributed by atoms with Gasteiger partial charge < -0.3 is 10.1 Å². The molecule has 1 heterocycles. The molecule has 0 radical (unpaired) electrons. The lowest BCUT2D eigenvalue weighted by Crippen LogP contribution is -2.49. The van der Waals surface area contributed by atoms with Gasteiger partial charge >= 0.3 is 0 Å². The van der Waals surface area contributed by atoms with Crippen molar-refractivity contribution in [1.82, 2.24) is 10.2 Å². The van der Waals surface area contributed by atoms with Gasteiger partial charge in [0.1, 0.15) is 0 Å². The van der Waals surface area contributed by atoms with Crippen LogP contribution in [0, 0.1) is 0 Å². The van der Waals surface area contributed by atoms with Crippen LogP contribution in [0.5, 0.6) is 0 Å². The first kappa shape index (κ1) is 14.9. The maximum Gasteiger partial charge on any atom is 0.0678 e. The molecule has 3 nitrogen and oxygen atoms in total. The summed E-state index contributed by atoms with van der Waals surface area (Å²) in [6.07, 6.45) is 4.57. The van der Waals surface area contributed by atoms with Crippen molar-refractivity contribution in [3.8, 4) is 0 Å². The van der Waals surface area contributed by atoms with E-state index in [1.54, 1.807) is 0 Å². The quantitative estimate of drug-likeness (QED) is 0.693. The minimum atomic E-state index is 0.388. The molecule has 1 aliphatic rings. The summed E-state index contributed by atoms with van der Waals surface area (Å²) in [5.41, 5.74) is 0. The molecule has 3 atom stereocenters. The van der Waals surface area contributed by atoms with Gasteiger partial charge in [-0.2, -0.15) is 0 Å². The Bertz CT molecular complexity index is 189. The van der Waals surface area contributed by atoms with Crippen LogP contribution < -0.4 is 5.32 Å². The highest BCUT2D eigenvalue weighted by Crippen LogP contribution is 2.15. The Morgan fingerprint density at radius 1 is 1.24 bits per heavy atom. The molecular formula is C14H30N2O. The normalized spacial score (nSPS) is 28.2. The largest absolute Gasteiger partial charge is 0.373 e. The minimum Gasteiger partial charge on any atom is -0.373 e. The Balaban J connectivity index is 2.15. The minimum absolute atomic E-state index is 0.388. The molecule has 17 heavy (non-hydrogen) atoms. The van der Waals surface area contributed by atoms with E-state index in [-0.39, 0.29) is 0 Å². The van der Waals surface area contributed by atoms with Gasteiger partial charge in [0, 0.05) is 19.1 Å². The third-order valence-electron chi connectivity index (χ3n) is 3.47. The fraction of sp³-hybridized carbons (Fsp3) is 1.00. The first-order valence-corrected chi connectivity index (χ1v) is 7.23. The van der Waals surface area contributed by atoms with Gasteiger partial charge in [-0.25, -0.2) is 0 Å². The van der Waals surface area contributed by atoms with E-state index in [2.05, 4.69) is 37.9 Å². The summed E-state index contributed by atoms with van der Waals surface area (Å²) in [5.74, 6) is 0. The van der Waals surface area contributed by atoms with Gasteiger partial charge in [-0.1, -0.05) is 6.92 Å². The predicted molar refractivity (Wildman–Crippen MR) is 73.4 cm³/mol. The molecule has 0 spiro atoms. The summed E-state index contributed by atoms with van der Waals surface area (Å²) in [4.78, 5) is 2.58. The Morgan fingerprint density at radius 2 is 1.88 bits per heavy atom. The van der Waals surface area contributed by atoms with Gasteiger partial charge in [0.05, 0.1) is 12.2 Å². The monoisotopic (exact) mass is 242 g/mol. The number of ether oxygens (including phenoxy) is 1. The lowest BCUT2D eigenvalue weighted by atomic mass is 10.1. The first-order chi connectivity index (χ1) is 8.13. The topological polar surface area (TPSA) is 24.5 Å². The summed E-state index contributed by atoms with van der Waals surface area (Å²) in [6.45, 7) is 13.4. The molecule has 0 aliphatic carbocycles. The SMILES string of the molecule is CCCNCCCC(C)N1C[C@@H](C)O[C@@H](C)C1.